The van der Waals surface area contributed by atoms with E-state index in [4.69, 9.17) is 16.7 Å². The number of anilines is 1. The van der Waals surface area contributed by atoms with Crippen molar-refractivity contribution in [3.05, 3.63) is 82.4 Å². The smallest absolute Gasteiger partial charge is 0.226 e. The van der Waals surface area contributed by atoms with Crippen LogP contribution in [0, 0.1) is 5.82 Å². The molecule has 27 heavy (non-hydrogen) atoms. The molecule has 0 spiro atoms. The van der Waals surface area contributed by atoms with Gasteiger partial charge in [-0.2, -0.15) is 10.1 Å². The second kappa shape index (κ2) is 7.50. The van der Waals surface area contributed by atoms with Gasteiger partial charge in [-0.05, 0) is 60.0 Å². The normalized spacial score (nSPS) is 15.8. The Kier molecular flexibility index (Phi) is 4.92. The van der Waals surface area contributed by atoms with E-state index in [1.54, 1.807) is 12.1 Å². The van der Waals surface area contributed by atoms with Crippen LogP contribution in [0.2, 0.25) is 5.02 Å². The highest BCUT2D eigenvalue weighted by molar-refractivity contribution is 6.30. The van der Waals surface area contributed by atoms with Crippen molar-refractivity contribution in [1.82, 2.24) is 14.8 Å². The third-order valence-corrected chi connectivity index (χ3v) is 4.65. The molecule has 1 aromatic heterocycles. The molecule has 2 N–H and O–H groups in total. The van der Waals surface area contributed by atoms with Gasteiger partial charge in [0.05, 0.1) is 0 Å². The minimum Gasteiger partial charge on any atom is -0.396 e. The highest BCUT2D eigenvalue weighted by atomic mass is 35.5. The number of aliphatic hydroxyl groups excluding tert-OH is 1. The molecule has 0 saturated heterocycles. The Labute approximate surface area is 161 Å². The van der Waals surface area contributed by atoms with Crippen LogP contribution in [0.4, 0.5) is 10.3 Å². The number of fused-ring (bicyclic) bond motifs is 1. The number of nitrogens with one attached hydrogen (secondary N) is 1. The third-order valence-electron chi connectivity index (χ3n) is 4.41. The number of aryl methyl sites for hydroxylation is 1. The molecule has 1 unspecified atom stereocenters. The van der Waals surface area contributed by atoms with Gasteiger partial charge >= 0.3 is 0 Å². The second-order valence-electron chi connectivity index (χ2n) is 6.34. The Bertz CT molecular complexity index is 984. The van der Waals surface area contributed by atoms with E-state index >= 15 is 0 Å². The van der Waals surface area contributed by atoms with Crippen LogP contribution in [0.15, 0.2) is 54.6 Å². The Morgan fingerprint density at radius 1 is 1.19 bits per heavy atom. The molecule has 0 aliphatic carbocycles. The van der Waals surface area contributed by atoms with Crippen molar-refractivity contribution in [3.63, 3.8) is 0 Å². The van der Waals surface area contributed by atoms with E-state index in [-0.39, 0.29) is 18.5 Å². The Morgan fingerprint density at radius 3 is 2.74 bits per heavy atom. The molecule has 3 aromatic rings. The van der Waals surface area contributed by atoms with Gasteiger partial charge in [-0.3, -0.25) is 0 Å². The van der Waals surface area contributed by atoms with Crippen LogP contribution in [0.5, 0.6) is 0 Å². The lowest BCUT2D eigenvalue weighted by Crippen LogP contribution is -2.20. The third kappa shape index (κ3) is 3.72. The Balaban J connectivity index is 1.77. The fourth-order valence-electron chi connectivity index (χ4n) is 3.11. The topological polar surface area (TPSA) is 63.0 Å². The van der Waals surface area contributed by atoms with E-state index < -0.39 is 0 Å². The number of aliphatic hydroxyl groups is 1. The second-order valence-corrected chi connectivity index (χ2v) is 6.77. The number of benzene rings is 2. The fraction of sp³-hybridized carbons (Fsp3) is 0.200. The van der Waals surface area contributed by atoms with Crippen LogP contribution < -0.4 is 5.32 Å². The molecule has 2 heterocycles. The number of aromatic nitrogens is 3. The average Bonchev–Trinajstić information content (AvgIpc) is 3.09. The molecule has 4 rings (SSSR count). The van der Waals surface area contributed by atoms with Crippen molar-refractivity contribution in [2.75, 3.05) is 11.9 Å². The van der Waals surface area contributed by atoms with E-state index in [0.29, 0.717) is 29.6 Å². The Hall–Kier alpha value is -2.70. The van der Waals surface area contributed by atoms with Gasteiger partial charge in [-0.1, -0.05) is 23.7 Å². The predicted molar refractivity (Wildman–Crippen MR) is 103 cm³/mol. The summed E-state index contributed by atoms with van der Waals surface area (Å²) in [4.78, 5) is 4.56. The molecule has 2 aromatic carbocycles. The molecule has 1 aliphatic heterocycles. The first-order valence-corrected chi connectivity index (χ1v) is 9.08. The highest BCUT2D eigenvalue weighted by Crippen LogP contribution is 2.33. The van der Waals surface area contributed by atoms with Gasteiger partial charge in [0.25, 0.3) is 0 Å². The fourth-order valence-corrected chi connectivity index (χ4v) is 3.30. The number of rotatable bonds is 5. The van der Waals surface area contributed by atoms with Crippen molar-refractivity contribution in [2.45, 2.75) is 18.9 Å². The van der Waals surface area contributed by atoms with Gasteiger partial charge in [0.2, 0.25) is 5.95 Å². The maximum Gasteiger partial charge on any atom is 0.226 e. The number of nitrogens with zero attached hydrogens (tertiary/aromatic N) is 3. The molecule has 138 valence electrons. The first-order chi connectivity index (χ1) is 13.1. The van der Waals surface area contributed by atoms with E-state index in [9.17, 15) is 4.39 Å². The lowest BCUT2D eigenvalue weighted by Gasteiger charge is -2.24. The van der Waals surface area contributed by atoms with Crippen LogP contribution in [0.1, 0.15) is 29.4 Å². The van der Waals surface area contributed by atoms with Gasteiger partial charge in [-0.25, -0.2) is 9.07 Å². The number of hydrogen-bond donors (Lipinski definition) is 2. The molecule has 5 nitrogen and oxygen atoms in total. The van der Waals surface area contributed by atoms with Crippen molar-refractivity contribution in [1.29, 1.82) is 0 Å². The van der Waals surface area contributed by atoms with Crippen LogP contribution >= 0.6 is 11.6 Å². The SMILES string of the molecule is OCCCc1nc2n(n1)C(c1cccc(Cl)c1)C=C(c1ccc(F)cc1)N2. The molecule has 0 radical (unpaired) electrons. The summed E-state index contributed by atoms with van der Waals surface area (Å²) in [6.45, 7) is 0.0914. The van der Waals surface area contributed by atoms with Gasteiger partial charge in [0.1, 0.15) is 11.9 Å². The lowest BCUT2D eigenvalue weighted by molar-refractivity contribution is 0.287. The summed E-state index contributed by atoms with van der Waals surface area (Å²) in [6.07, 6.45) is 3.21. The molecular formula is C20H18ClFN4O. The summed E-state index contributed by atoms with van der Waals surface area (Å²) in [5.74, 6) is 0.984. The molecule has 0 amide bonds. The summed E-state index contributed by atoms with van der Waals surface area (Å²) >= 11 is 6.18. The van der Waals surface area contributed by atoms with Crippen molar-refractivity contribution in [2.24, 2.45) is 0 Å². The monoisotopic (exact) mass is 384 g/mol. The maximum atomic E-state index is 13.3. The van der Waals surface area contributed by atoms with Gasteiger partial charge < -0.3 is 10.4 Å². The first-order valence-electron chi connectivity index (χ1n) is 8.70. The molecule has 1 atom stereocenters. The first kappa shape index (κ1) is 17.7. The molecule has 7 heteroatoms. The van der Waals surface area contributed by atoms with Gasteiger partial charge in [0, 0.05) is 23.7 Å². The quantitative estimate of drug-likeness (QED) is 0.696. The molecule has 0 saturated carbocycles. The lowest BCUT2D eigenvalue weighted by atomic mass is 10.0. The number of hydrogen-bond acceptors (Lipinski definition) is 4. The zero-order chi connectivity index (χ0) is 18.8. The summed E-state index contributed by atoms with van der Waals surface area (Å²) in [5.41, 5.74) is 2.66. The predicted octanol–water partition coefficient (Wildman–Crippen LogP) is 4.05. The zero-order valence-corrected chi connectivity index (χ0v) is 15.2. The highest BCUT2D eigenvalue weighted by Gasteiger charge is 2.25. The molecule has 0 bridgehead atoms. The Morgan fingerprint density at radius 2 is 2.00 bits per heavy atom. The average molecular weight is 385 g/mol. The number of allylic oxidation sites excluding steroid dienone is 1. The van der Waals surface area contributed by atoms with E-state index in [0.717, 1.165) is 16.8 Å². The molecular weight excluding hydrogens is 367 g/mol. The van der Waals surface area contributed by atoms with Crippen molar-refractivity contribution < 1.29 is 9.50 Å². The molecule has 0 fully saturated rings. The number of halogens is 2. The van der Waals surface area contributed by atoms with E-state index in [2.05, 4.69) is 15.4 Å². The van der Waals surface area contributed by atoms with Crippen LogP contribution in [0.25, 0.3) is 5.70 Å². The minimum atomic E-state index is -0.281. The van der Waals surface area contributed by atoms with Gasteiger partial charge in [-0.15, -0.1) is 0 Å². The van der Waals surface area contributed by atoms with E-state index in [1.807, 2.05) is 35.0 Å². The van der Waals surface area contributed by atoms with Gasteiger partial charge in [0.15, 0.2) is 5.82 Å². The van der Waals surface area contributed by atoms with Crippen molar-refractivity contribution >= 4 is 23.2 Å². The maximum absolute atomic E-state index is 13.3. The summed E-state index contributed by atoms with van der Waals surface area (Å²) in [5, 5.41) is 17.6. The van der Waals surface area contributed by atoms with E-state index in [1.165, 1.54) is 12.1 Å². The summed E-state index contributed by atoms with van der Waals surface area (Å²) < 4.78 is 15.1. The summed E-state index contributed by atoms with van der Waals surface area (Å²) in [6, 6.07) is 13.7. The standard InChI is InChI=1S/C20H18ClFN4O/c21-15-4-1-3-14(11-15)18-12-17(13-6-8-16(22)9-7-13)23-20-24-19(5-2-10-27)25-26(18)20/h1,3-4,6-9,11-12,18,27H,2,5,10H2,(H,23,24,25). The van der Waals surface area contributed by atoms with Crippen LogP contribution in [0.3, 0.4) is 0 Å². The van der Waals surface area contributed by atoms with Crippen LogP contribution in [-0.2, 0) is 6.42 Å². The van der Waals surface area contributed by atoms with Crippen molar-refractivity contribution in [3.8, 4) is 0 Å². The largest absolute Gasteiger partial charge is 0.396 e. The molecule has 1 aliphatic rings. The summed E-state index contributed by atoms with van der Waals surface area (Å²) in [7, 11) is 0. The zero-order valence-electron chi connectivity index (χ0n) is 14.4. The van der Waals surface area contributed by atoms with Crippen LogP contribution in [-0.4, -0.2) is 26.5 Å². The minimum absolute atomic E-state index is 0.0914.